The molecule has 0 heterocycles. The molecule has 6 heteroatoms. The molecule has 0 aromatic heterocycles. The van der Waals surface area contributed by atoms with Gasteiger partial charge in [0.25, 0.3) is 0 Å². The van der Waals surface area contributed by atoms with Crippen LogP contribution < -0.4 is 0 Å². The molecule has 0 aromatic rings. The second kappa shape index (κ2) is 66.1. The average molecular weight is 1090 g/mol. The van der Waals surface area contributed by atoms with Crippen LogP contribution in [0.1, 0.15) is 290 Å². The highest BCUT2D eigenvalue weighted by molar-refractivity contribution is 5.71. The number of allylic oxidation sites excluding steroid dienone is 22. The second-order valence-electron chi connectivity index (χ2n) is 21.3. The van der Waals surface area contributed by atoms with Crippen LogP contribution in [0.15, 0.2) is 134 Å². The molecule has 0 saturated heterocycles. The number of carbonyl (C=O) groups excluding carboxylic acids is 3. The van der Waals surface area contributed by atoms with Gasteiger partial charge in [0.15, 0.2) is 6.10 Å². The third-order valence-electron chi connectivity index (χ3n) is 13.7. The summed E-state index contributed by atoms with van der Waals surface area (Å²) in [6.45, 7) is 6.37. The van der Waals surface area contributed by atoms with Crippen molar-refractivity contribution in [3.05, 3.63) is 134 Å². The molecule has 0 radical (unpaired) electrons. The van der Waals surface area contributed by atoms with Gasteiger partial charge in [-0.2, -0.15) is 0 Å². The van der Waals surface area contributed by atoms with Crippen molar-refractivity contribution in [2.45, 2.75) is 297 Å². The normalized spacial score (nSPS) is 13.0. The summed E-state index contributed by atoms with van der Waals surface area (Å²) in [6, 6.07) is 0. The summed E-state index contributed by atoms with van der Waals surface area (Å²) in [7, 11) is 0. The predicted molar refractivity (Wildman–Crippen MR) is 343 cm³/mol. The first-order valence-electron chi connectivity index (χ1n) is 32.7. The highest BCUT2D eigenvalue weighted by atomic mass is 16.6. The smallest absolute Gasteiger partial charge is 0.306 e. The lowest BCUT2D eigenvalue weighted by atomic mass is 10.0. The van der Waals surface area contributed by atoms with Crippen molar-refractivity contribution in [1.29, 1.82) is 0 Å². The summed E-state index contributed by atoms with van der Waals surface area (Å²) in [5.74, 6) is -0.957. The molecule has 6 nitrogen and oxygen atoms in total. The van der Waals surface area contributed by atoms with E-state index in [1.54, 1.807) is 0 Å². The minimum Gasteiger partial charge on any atom is -0.462 e. The van der Waals surface area contributed by atoms with E-state index in [2.05, 4.69) is 154 Å². The zero-order valence-electron chi connectivity index (χ0n) is 51.3. The number of rotatable bonds is 58. The van der Waals surface area contributed by atoms with Gasteiger partial charge in [-0.05, 0) is 109 Å². The first kappa shape index (κ1) is 74.5. The second-order valence-corrected chi connectivity index (χ2v) is 21.3. The molecule has 0 aliphatic heterocycles. The highest BCUT2D eigenvalue weighted by Crippen LogP contribution is 2.16. The van der Waals surface area contributed by atoms with Crippen molar-refractivity contribution in [2.75, 3.05) is 13.2 Å². The van der Waals surface area contributed by atoms with E-state index in [9.17, 15) is 14.4 Å². The first-order valence-corrected chi connectivity index (χ1v) is 32.7. The lowest BCUT2D eigenvalue weighted by Gasteiger charge is -2.18. The van der Waals surface area contributed by atoms with Crippen LogP contribution in [0.3, 0.4) is 0 Å². The Balaban J connectivity index is 4.23. The molecule has 0 aromatic carbocycles. The molecule has 0 fully saturated rings. The minimum atomic E-state index is -0.809. The molecule has 0 N–H and O–H groups in total. The summed E-state index contributed by atoms with van der Waals surface area (Å²) in [5.41, 5.74) is 0. The van der Waals surface area contributed by atoms with E-state index in [0.717, 1.165) is 116 Å². The van der Waals surface area contributed by atoms with E-state index in [-0.39, 0.29) is 37.5 Å². The summed E-state index contributed by atoms with van der Waals surface area (Å²) in [5, 5.41) is 0. The number of unbranched alkanes of at least 4 members (excludes halogenated alkanes) is 25. The number of carbonyl (C=O) groups is 3. The Kier molecular flexibility index (Phi) is 62.3. The van der Waals surface area contributed by atoms with Crippen molar-refractivity contribution >= 4 is 17.9 Å². The number of hydrogen-bond acceptors (Lipinski definition) is 6. The molecular formula is C73H120O6. The van der Waals surface area contributed by atoms with Crippen molar-refractivity contribution in [2.24, 2.45) is 0 Å². The lowest BCUT2D eigenvalue weighted by Crippen LogP contribution is -2.30. The standard InChI is InChI=1S/C73H120O6/c1-4-7-10-13-16-19-22-24-26-28-29-30-31-32-33-34-35-36-37-38-39-40-41-42-43-45-46-48-51-54-57-60-63-66-72(75)78-69-70(68-77-71(74)65-62-59-56-53-50-21-18-15-12-9-6-3)79-73(76)67-64-61-58-55-52-49-47-44-27-25-23-20-17-14-11-8-5-2/h7-8,10-11,16-17,19-20,24-27,29-30,32-33,35-36,47,49,55,58,70H,4-6,9,12-15,18,21-23,28,31,34,37-46,48,50-54,56-57,59-69H2,1-3H3/b10-7-,11-8-,19-16-,20-17-,26-24-,27-25-,30-29-,33-32-,36-35-,49-47-,58-55-. The number of hydrogen-bond donors (Lipinski definition) is 0. The number of esters is 3. The molecule has 0 rings (SSSR count). The Morgan fingerprint density at radius 3 is 0.810 bits per heavy atom. The zero-order chi connectivity index (χ0) is 57.1. The van der Waals surface area contributed by atoms with E-state index in [0.29, 0.717) is 19.3 Å². The van der Waals surface area contributed by atoms with Crippen LogP contribution >= 0.6 is 0 Å². The fourth-order valence-electron chi connectivity index (χ4n) is 8.84. The zero-order valence-corrected chi connectivity index (χ0v) is 51.3. The molecular weight excluding hydrogens is 973 g/mol. The third-order valence-corrected chi connectivity index (χ3v) is 13.7. The van der Waals surface area contributed by atoms with Gasteiger partial charge in [0.1, 0.15) is 13.2 Å². The Hall–Kier alpha value is -4.45. The van der Waals surface area contributed by atoms with Crippen molar-refractivity contribution in [3.63, 3.8) is 0 Å². The summed E-state index contributed by atoms with van der Waals surface area (Å²) in [6.07, 6.45) is 93.4. The Bertz CT molecular complexity index is 1680. The predicted octanol–water partition coefficient (Wildman–Crippen LogP) is 22.5. The molecule has 1 atom stereocenters. The van der Waals surface area contributed by atoms with E-state index in [1.807, 2.05) is 0 Å². The van der Waals surface area contributed by atoms with Gasteiger partial charge < -0.3 is 14.2 Å². The van der Waals surface area contributed by atoms with E-state index < -0.39 is 6.10 Å². The summed E-state index contributed by atoms with van der Waals surface area (Å²) in [4.78, 5) is 38.2. The monoisotopic (exact) mass is 1090 g/mol. The van der Waals surface area contributed by atoms with Crippen LogP contribution in [0.5, 0.6) is 0 Å². The summed E-state index contributed by atoms with van der Waals surface area (Å²) < 4.78 is 16.8. The van der Waals surface area contributed by atoms with E-state index in [4.69, 9.17) is 14.2 Å². The third kappa shape index (κ3) is 64.3. The maximum absolute atomic E-state index is 12.9. The van der Waals surface area contributed by atoms with Crippen molar-refractivity contribution < 1.29 is 28.6 Å². The SMILES string of the molecule is CC/C=C\C/C=C\C/C=C\C/C=C\C/C=C\C/C=C\CCCCCCCCCCCCCCCCC(=O)OCC(COC(=O)CCCCCCCCCCCCC)OC(=O)CCC/C=C\C/C=C\C/C=C\C/C=C\C/C=C\CC. The Labute approximate surface area is 487 Å². The molecule has 1 unspecified atom stereocenters. The Morgan fingerprint density at radius 2 is 0.506 bits per heavy atom. The van der Waals surface area contributed by atoms with Gasteiger partial charge in [0, 0.05) is 19.3 Å². The first-order chi connectivity index (χ1) is 39.0. The maximum Gasteiger partial charge on any atom is 0.306 e. The molecule has 79 heavy (non-hydrogen) atoms. The molecule has 0 bridgehead atoms. The van der Waals surface area contributed by atoms with E-state index in [1.165, 1.54) is 128 Å². The highest BCUT2D eigenvalue weighted by Gasteiger charge is 2.19. The van der Waals surface area contributed by atoms with Crippen LogP contribution in [-0.4, -0.2) is 37.2 Å². The van der Waals surface area contributed by atoms with Crippen LogP contribution in [-0.2, 0) is 28.6 Å². The number of ether oxygens (including phenoxy) is 3. The van der Waals surface area contributed by atoms with Crippen LogP contribution in [0, 0.1) is 0 Å². The summed E-state index contributed by atoms with van der Waals surface area (Å²) >= 11 is 0. The maximum atomic E-state index is 12.9. The van der Waals surface area contributed by atoms with Gasteiger partial charge in [-0.1, -0.05) is 296 Å². The molecule has 0 saturated carbocycles. The minimum absolute atomic E-state index is 0.100. The van der Waals surface area contributed by atoms with E-state index >= 15 is 0 Å². The lowest BCUT2D eigenvalue weighted by molar-refractivity contribution is -0.167. The fourth-order valence-corrected chi connectivity index (χ4v) is 8.84. The largest absolute Gasteiger partial charge is 0.462 e. The fraction of sp³-hybridized carbons (Fsp3) is 0.658. The molecule has 0 spiro atoms. The van der Waals surface area contributed by atoms with Gasteiger partial charge >= 0.3 is 17.9 Å². The molecule has 0 aliphatic rings. The van der Waals surface area contributed by atoms with Crippen LogP contribution in [0.4, 0.5) is 0 Å². The van der Waals surface area contributed by atoms with Crippen molar-refractivity contribution in [3.8, 4) is 0 Å². The molecule has 0 aliphatic carbocycles. The van der Waals surface area contributed by atoms with Gasteiger partial charge in [0.2, 0.25) is 0 Å². The van der Waals surface area contributed by atoms with Crippen LogP contribution in [0.2, 0.25) is 0 Å². The molecule has 448 valence electrons. The quantitative estimate of drug-likeness (QED) is 0.0261. The molecule has 0 amide bonds. The Morgan fingerprint density at radius 1 is 0.266 bits per heavy atom. The topological polar surface area (TPSA) is 78.9 Å². The van der Waals surface area contributed by atoms with Gasteiger partial charge in [0.05, 0.1) is 0 Å². The van der Waals surface area contributed by atoms with Gasteiger partial charge in [-0.3, -0.25) is 14.4 Å². The van der Waals surface area contributed by atoms with Crippen molar-refractivity contribution in [1.82, 2.24) is 0 Å². The van der Waals surface area contributed by atoms with Gasteiger partial charge in [-0.15, -0.1) is 0 Å². The average Bonchev–Trinajstić information content (AvgIpc) is 3.45. The van der Waals surface area contributed by atoms with Crippen LogP contribution in [0.25, 0.3) is 0 Å². The van der Waals surface area contributed by atoms with Gasteiger partial charge in [-0.25, -0.2) is 0 Å².